The van der Waals surface area contributed by atoms with E-state index in [0.29, 0.717) is 0 Å². The Kier molecular flexibility index (Phi) is 1.87. The predicted molar refractivity (Wildman–Crippen MR) is 57.0 cm³/mol. The van der Waals surface area contributed by atoms with Crippen molar-refractivity contribution in [2.45, 2.75) is 20.3 Å². The average molecular weight is 173 g/mol. The van der Waals surface area contributed by atoms with E-state index in [0.717, 1.165) is 6.42 Å². The summed E-state index contributed by atoms with van der Waals surface area (Å²) >= 11 is 0. The highest BCUT2D eigenvalue weighted by Gasteiger charge is 2.04. The van der Waals surface area contributed by atoms with E-state index in [1.165, 1.54) is 22.2 Å². The SMILES string of the molecule is CCc1cccc2cc(C)n(C)c12. The molecule has 2 aromatic rings. The molecule has 0 aliphatic heterocycles. The standard InChI is InChI=1S/C12H15N/c1-4-10-6-5-7-11-8-9(2)13(3)12(10)11/h5-8H,4H2,1-3H3. The summed E-state index contributed by atoms with van der Waals surface area (Å²) in [5.41, 5.74) is 4.16. The zero-order chi connectivity index (χ0) is 9.42. The molecule has 13 heavy (non-hydrogen) atoms. The van der Waals surface area contributed by atoms with Gasteiger partial charge in [-0.1, -0.05) is 25.1 Å². The highest BCUT2D eigenvalue weighted by Crippen LogP contribution is 2.22. The van der Waals surface area contributed by atoms with E-state index in [2.05, 4.69) is 49.7 Å². The summed E-state index contributed by atoms with van der Waals surface area (Å²) in [6, 6.07) is 8.78. The quantitative estimate of drug-likeness (QED) is 0.624. The number of nitrogens with zero attached hydrogens (tertiary/aromatic N) is 1. The van der Waals surface area contributed by atoms with Crippen LogP contribution in [-0.4, -0.2) is 4.57 Å². The Morgan fingerprint density at radius 2 is 2.08 bits per heavy atom. The fourth-order valence-electron chi connectivity index (χ4n) is 1.92. The van der Waals surface area contributed by atoms with Crippen LogP contribution in [0.1, 0.15) is 18.2 Å². The number of aromatic nitrogens is 1. The van der Waals surface area contributed by atoms with Gasteiger partial charge < -0.3 is 4.57 Å². The summed E-state index contributed by atoms with van der Waals surface area (Å²) in [6.07, 6.45) is 1.11. The highest BCUT2D eigenvalue weighted by molar-refractivity contribution is 5.84. The minimum absolute atomic E-state index is 1.11. The molecule has 1 aromatic heterocycles. The number of para-hydroxylation sites is 1. The molecule has 1 heterocycles. The third kappa shape index (κ3) is 1.15. The molecule has 0 unspecified atom stereocenters. The van der Waals surface area contributed by atoms with E-state index in [4.69, 9.17) is 0 Å². The van der Waals surface area contributed by atoms with Gasteiger partial charge in [0.15, 0.2) is 0 Å². The molecule has 0 N–H and O–H groups in total. The largest absolute Gasteiger partial charge is 0.348 e. The van der Waals surface area contributed by atoms with Gasteiger partial charge in [-0.2, -0.15) is 0 Å². The van der Waals surface area contributed by atoms with Crippen LogP contribution in [0, 0.1) is 6.92 Å². The van der Waals surface area contributed by atoms with Gasteiger partial charge in [-0.25, -0.2) is 0 Å². The maximum Gasteiger partial charge on any atom is 0.0512 e. The summed E-state index contributed by atoms with van der Waals surface area (Å²) < 4.78 is 2.27. The second-order valence-corrected chi connectivity index (χ2v) is 3.55. The zero-order valence-corrected chi connectivity index (χ0v) is 8.46. The van der Waals surface area contributed by atoms with Gasteiger partial charge in [-0.05, 0) is 25.0 Å². The van der Waals surface area contributed by atoms with Gasteiger partial charge in [0.2, 0.25) is 0 Å². The van der Waals surface area contributed by atoms with Gasteiger partial charge in [-0.3, -0.25) is 0 Å². The molecule has 0 atom stereocenters. The summed E-state index contributed by atoms with van der Waals surface area (Å²) in [4.78, 5) is 0. The van der Waals surface area contributed by atoms with Crippen molar-refractivity contribution < 1.29 is 0 Å². The molecule has 68 valence electrons. The van der Waals surface area contributed by atoms with Crippen molar-refractivity contribution in [1.82, 2.24) is 4.57 Å². The van der Waals surface area contributed by atoms with Crippen molar-refractivity contribution in [3.8, 4) is 0 Å². The fraction of sp³-hybridized carbons (Fsp3) is 0.333. The second kappa shape index (κ2) is 2.91. The lowest BCUT2D eigenvalue weighted by atomic mass is 10.1. The Bertz CT molecular complexity index is 438. The summed E-state index contributed by atoms with van der Waals surface area (Å²) in [7, 11) is 2.14. The normalized spacial score (nSPS) is 11.0. The van der Waals surface area contributed by atoms with E-state index >= 15 is 0 Å². The first kappa shape index (κ1) is 8.36. The topological polar surface area (TPSA) is 4.93 Å². The van der Waals surface area contributed by atoms with Crippen molar-refractivity contribution in [3.05, 3.63) is 35.5 Å². The Labute approximate surface area is 79.0 Å². The number of hydrogen-bond acceptors (Lipinski definition) is 0. The van der Waals surface area contributed by atoms with Gasteiger partial charge in [0.25, 0.3) is 0 Å². The lowest BCUT2D eigenvalue weighted by Gasteiger charge is -2.03. The van der Waals surface area contributed by atoms with Crippen LogP contribution in [0.5, 0.6) is 0 Å². The molecule has 0 saturated carbocycles. The lowest BCUT2D eigenvalue weighted by molar-refractivity contribution is 0.909. The zero-order valence-electron chi connectivity index (χ0n) is 8.46. The molecule has 1 heteroatoms. The third-order valence-electron chi connectivity index (χ3n) is 2.76. The van der Waals surface area contributed by atoms with Crippen molar-refractivity contribution in [1.29, 1.82) is 0 Å². The number of rotatable bonds is 1. The summed E-state index contributed by atoms with van der Waals surface area (Å²) in [6.45, 7) is 4.36. The van der Waals surface area contributed by atoms with E-state index in [1.54, 1.807) is 0 Å². The van der Waals surface area contributed by atoms with Crippen LogP contribution in [0.25, 0.3) is 10.9 Å². The van der Waals surface area contributed by atoms with E-state index in [9.17, 15) is 0 Å². The van der Waals surface area contributed by atoms with Gasteiger partial charge >= 0.3 is 0 Å². The molecule has 1 aromatic carbocycles. The number of benzene rings is 1. The Balaban J connectivity index is 2.87. The third-order valence-corrected chi connectivity index (χ3v) is 2.76. The maximum atomic E-state index is 2.27. The molecule has 1 nitrogen and oxygen atoms in total. The van der Waals surface area contributed by atoms with Crippen molar-refractivity contribution in [3.63, 3.8) is 0 Å². The molecule has 0 fully saturated rings. The van der Waals surface area contributed by atoms with Crippen LogP contribution >= 0.6 is 0 Å². The first-order chi connectivity index (χ1) is 6.24. The molecule has 0 saturated heterocycles. The van der Waals surface area contributed by atoms with Crippen molar-refractivity contribution >= 4 is 10.9 Å². The summed E-state index contributed by atoms with van der Waals surface area (Å²) in [5.74, 6) is 0. The first-order valence-electron chi connectivity index (χ1n) is 4.78. The van der Waals surface area contributed by atoms with E-state index in [-0.39, 0.29) is 0 Å². The number of hydrogen-bond donors (Lipinski definition) is 0. The fourth-order valence-corrected chi connectivity index (χ4v) is 1.92. The molecular weight excluding hydrogens is 158 g/mol. The minimum atomic E-state index is 1.11. The van der Waals surface area contributed by atoms with Crippen molar-refractivity contribution in [2.75, 3.05) is 0 Å². The van der Waals surface area contributed by atoms with Crippen molar-refractivity contribution in [2.24, 2.45) is 7.05 Å². The molecule has 0 bridgehead atoms. The van der Waals surface area contributed by atoms with Crippen LogP contribution in [-0.2, 0) is 13.5 Å². The van der Waals surface area contributed by atoms with Crippen LogP contribution in [0.2, 0.25) is 0 Å². The highest BCUT2D eigenvalue weighted by atomic mass is 14.9. The lowest BCUT2D eigenvalue weighted by Crippen LogP contribution is -1.93. The number of fused-ring (bicyclic) bond motifs is 1. The molecule has 2 rings (SSSR count). The van der Waals surface area contributed by atoms with Gasteiger partial charge in [0, 0.05) is 18.1 Å². The molecule has 0 aliphatic carbocycles. The first-order valence-corrected chi connectivity index (χ1v) is 4.78. The molecule has 0 spiro atoms. The van der Waals surface area contributed by atoms with Gasteiger partial charge in [0.1, 0.15) is 0 Å². The monoisotopic (exact) mass is 173 g/mol. The molecule has 0 aliphatic rings. The molecule has 0 amide bonds. The molecule has 0 radical (unpaired) electrons. The smallest absolute Gasteiger partial charge is 0.0512 e. The Hall–Kier alpha value is -1.24. The van der Waals surface area contributed by atoms with Crippen LogP contribution in [0.4, 0.5) is 0 Å². The van der Waals surface area contributed by atoms with Crippen LogP contribution in [0.3, 0.4) is 0 Å². The maximum absolute atomic E-state index is 2.27. The Morgan fingerprint density at radius 1 is 1.31 bits per heavy atom. The van der Waals surface area contributed by atoms with E-state index < -0.39 is 0 Å². The minimum Gasteiger partial charge on any atom is -0.348 e. The van der Waals surface area contributed by atoms with E-state index in [1.807, 2.05) is 0 Å². The van der Waals surface area contributed by atoms with Crippen LogP contribution < -0.4 is 0 Å². The Morgan fingerprint density at radius 3 is 2.77 bits per heavy atom. The average Bonchev–Trinajstić information content (AvgIpc) is 2.43. The number of aryl methyl sites for hydroxylation is 3. The predicted octanol–water partition coefficient (Wildman–Crippen LogP) is 3.05. The van der Waals surface area contributed by atoms with Gasteiger partial charge in [-0.15, -0.1) is 0 Å². The molecular formula is C12H15N. The second-order valence-electron chi connectivity index (χ2n) is 3.55. The summed E-state index contributed by atoms with van der Waals surface area (Å²) in [5, 5.41) is 1.36. The van der Waals surface area contributed by atoms with Crippen LogP contribution in [0.15, 0.2) is 24.3 Å². The van der Waals surface area contributed by atoms with Gasteiger partial charge in [0.05, 0.1) is 5.52 Å².